The third-order valence-corrected chi connectivity index (χ3v) is 2.36. The molecule has 0 spiro atoms. The van der Waals surface area contributed by atoms with E-state index in [0.717, 1.165) is 18.9 Å². The second-order valence-electron chi connectivity index (χ2n) is 3.12. The van der Waals surface area contributed by atoms with Crippen molar-refractivity contribution in [3.63, 3.8) is 0 Å². The van der Waals surface area contributed by atoms with E-state index in [1.807, 2.05) is 0 Å². The molecular formula is C8H14N4. The Morgan fingerprint density at radius 2 is 2.67 bits per heavy atom. The Labute approximate surface area is 72.0 Å². The summed E-state index contributed by atoms with van der Waals surface area (Å²) in [6.07, 6.45) is 4.25. The highest BCUT2D eigenvalue weighted by Gasteiger charge is 2.20. The lowest BCUT2D eigenvalue weighted by Gasteiger charge is -2.09. The molecule has 2 heterocycles. The average Bonchev–Trinajstić information content (AvgIpc) is 2.74. The summed E-state index contributed by atoms with van der Waals surface area (Å²) in [7, 11) is 0. The van der Waals surface area contributed by atoms with Crippen LogP contribution in [0.4, 0.5) is 0 Å². The monoisotopic (exact) mass is 166 g/mol. The first-order valence-corrected chi connectivity index (χ1v) is 4.53. The molecule has 2 rings (SSSR count). The van der Waals surface area contributed by atoms with E-state index < -0.39 is 0 Å². The number of nitrogens with one attached hydrogen (secondary N) is 1. The highest BCUT2D eigenvalue weighted by Crippen LogP contribution is 2.20. The van der Waals surface area contributed by atoms with Gasteiger partial charge in [-0.2, -0.15) is 0 Å². The van der Waals surface area contributed by atoms with Gasteiger partial charge in [-0.25, -0.2) is 0 Å². The Balaban J connectivity index is 2.19. The molecule has 0 radical (unpaired) electrons. The summed E-state index contributed by atoms with van der Waals surface area (Å²) in [4.78, 5) is 0. The van der Waals surface area contributed by atoms with Gasteiger partial charge in [0.2, 0.25) is 0 Å². The molecule has 66 valence electrons. The number of aryl methyl sites for hydroxylation is 1. The Morgan fingerprint density at radius 1 is 1.75 bits per heavy atom. The summed E-state index contributed by atoms with van der Waals surface area (Å²) in [5, 5.41) is 11.4. The molecule has 4 heteroatoms. The molecule has 1 N–H and O–H groups in total. The second kappa shape index (κ2) is 3.23. The van der Waals surface area contributed by atoms with Crippen LogP contribution in [0, 0.1) is 0 Å². The Morgan fingerprint density at radius 3 is 3.33 bits per heavy atom. The van der Waals surface area contributed by atoms with Gasteiger partial charge in [-0.3, -0.25) is 0 Å². The minimum absolute atomic E-state index is 0.437. The number of hydrogen-bond acceptors (Lipinski definition) is 3. The summed E-state index contributed by atoms with van der Waals surface area (Å²) in [6.45, 7) is 4.18. The van der Waals surface area contributed by atoms with Crippen molar-refractivity contribution in [1.29, 1.82) is 0 Å². The molecule has 1 aliphatic rings. The van der Waals surface area contributed by atoms with Crippen molar-refractivity contribution < 1.29 is 0 Å². The highest BCUT2D eigenvalue weighted by atomic mass is 15.3. The number of aromatic nitrogens is 3. The van der Waals surface area contributed by atoms with Crippen LogP contribution in [0.1, 0.15) is 31.6 Å². The largest absolute Gasteiger partial charge is 0.317 e. The third-order valence-electron chi connectivity index (χ3n) is 2.36. The number of nitrogens with zero attached hydrogens (tertiary/aromatic N) is 3. The van der Waals surface area contributed by atoms with E-state index in [9.17, 15) is 0 Å². The zero-order valence-electron chi connectivity index (χ0n) is 7.32. The molecule has 0 bridgehead atoms. The zero-order valence-corrected chi connectivity index (χ0v) is 7.32. The lowest BCUT2D eigenvalue weighted by Crippen LogP contribution is -2.17. The first-order chi connectivity index (χ1) is 5.92. The van der Waals surface area contributed by atoms with E-state index in [2.05, 4.69) is 27.0 Å². The van der Waals surface area contributed by atoms with E-state index in [4.69, 9.17) is 0 Å². The summed E-state index contributed by atoms with van der Waals surface area (Å²) >= 11 is 0. The molecule has 0 aliphatic carbocycles. The van der Waals surface area contributed by atoms with Crippen LogP contribution in [0.2, 0.25) is 0 Å². The fraction of sp³-hybridized carbons (Fsp3) is 0.750. The first-order valence-electron chi connectivity index (χ1n) is 4.53. The van der Waals surface area contributed by atoms with Crippen LogP contribution in [0.15, 0.2) is 6.33 Å². The maximum Gasteiger partial charge on any atom is 0.149 e. The Kier molecular flexibility index (Phi) is 2.08. The first kappa shape index (κ1) is 7.73. The van der Waals surface area contributed by atoms with Gasteiger partial charge in [-0.15, -0.1) is 10.2 Å². The lowest BCUT2D eigenvalue weighted by atomic mass is 10.2. The standard InChI is InChI=1S/C8H14N4/c1-2-12-6-10-11-8(12)7-4-3-5-9-7/h6-7,9H,2-5H2,1H3/t7-/m1/s1. The Bertz CT molecular complexity index is 249. The van der Waals surface area contributed by atoms with Crippen molar-refractivity contribution in [2.45, 2.75) is 32.4 Å². The fourth-order valence-corrected chi connectivity index (χ4v) is 1.68. The Hall–Kier alpha value is -0.900. The van der Waals surface area contributed by atoms with Gasteiger partial charge in [0.05, 0.1) is 6.04 Å². The zero-order chi connectivity index (χ0) is 8.39. The highest BCUT2D eigenvalue weighted by molar-refractivity contribution is 4.97. The van der Waals surface area contributed by atoms with Gasteiger partial charge in [-0.1, -0.05) is 0 Å². The van der Waals surface area contributed by atoms with Gasteiger partial charge in [0.15, 0.2) is 0 Å². The van der Waals surface area contributed by atoms with Crippen LogP contribution >= 0.6 is 0 Å². The molecule has 0 unspecified atom stereocenters. The predicted molar refractivity (Wildman–Crippen MR) is 45.7 cm³/mol. The fourth-order valence-electron chi connectivity index (χ4n) is 1.68. The summed E-state index contributed by atoms with van der Waals surface area (Å²) in [5.74, 6) is 1.09. The second-order valence-corrected chi connectivity index (χ2v) is 3.12. The molecule has 12 heavy (non-hydrogen) atoms. The molecule has 0 saturated carbocycles. The molecule has 1 atom stereocenters. The smallest absolute Gasteiger partial charge is 0.149 e. The predicted octanol–water partition coefficient (Wildman–Crippen LogP) is 0.722. The van der Waals surface area contributed by atoms with E-state index in [0.29, 0.717) is 6.04 Å². The van der Waals surface area contributed by atoms with Crippen molar-refractivity contribution in [3.05, 3.63) is 12.2 Å². The molecule has 0 aromatic carbocycles. The van der Waals surface area contributed by atoms with Crippen LogP contribution in [0.25, 0.3) is 0 Å². The molecule has 1 saturated heterocycles. The molecule has 1 fully saturated rings. The minimum atomic E-state index is 0.437. The quantitative estimate of drug-likeness (QED) is 0.704. The number of rotatable bonds is 2. The summed E-state index contributed by atoms with van der Waals surface area (Å²) in [5.41, 5.74) is 0. The van der Waals surface area contributed by atoms with Crippen LogP contribution in [0.3, 0.4) is 0 Å². The molecule has 4 nitrogen and oxygen atoms in total. The van der Waals surface area contributed by atoms with Crippen molar-refractivity contribution >= 4 is 0 Å². The lowest BCUT2D eigenvalue weighted by molar-refractivity contribution is 0.557. The number of hydrogen-bond donors (Lipinski definition) is 1. The van der Waals surface area contributed by atoms with Gasteiger partial charge in [0.1, 0.15) is 12.2 Å². The van der Waals surface area contributed by atoms with Crippen molar-refractivity contribution in [1.82, 2.24) is 20.1 Å². The molecule has 1 aromatic rings. The van der Waals surface area contributed by atoms with Crippen molar-refractivity contribution in [2.75, 3.05) is 6.54 Å². The van der Waals surface area contributed by atoms with E-state index in [1.54, 1.807) is 6.33 Å². The molecule has 1 aromatic heterocycles. The molecule has 0 amide bonds. The van der Waals surface area contributed by atoms with Crippen LogP contribution in [0.5, 0.6) is 0 Å². The summed E-state index contributed by atoms with van der Waals surface area (Å²) < 4.78 is 2.10. The van der Waals surface area contributed by atoms with Crippen molar-refractivity contribution in [2.24, 2.45) is 0 Å². The van der Waals surface area contributed by atoms with E-state index >= 15 is 0 Å². The molecular weight excluding hydrogens is 152 g/mol. The van der Waals surface area contributed by atoms with Crippen molar-refractivity contribution in [3.8, 4) is 0 Å². The maximum atomic E-state index is 4.12. The van der Waals surface area contributed by atoms with Gasteiger partial charge < -0.3 is 9.88 Å². The third kappa shape index (κ3) is 1.22. The average molecular weight is 166 g/mol. The van der Waals surface area contributed by atoms with E-state index in [-0.39, 0.29) is 0 Å². The van der Waals surface area contributed by atoms with Crippen LogP contribution in [-0.4, -0.2) is 21.3 Å². The molecule has 1 aliphatic heterocycles. The van der Waals surface area contributed by atoms with Gasteiger partial charge in [-0.05, 0) is 26.3 Å². The van der Waals surface area contributed by atoms with E-state index in [1.165, 1.54) is 12.8 Å². The van der Waals surface area contributed by atoms with Gasteiger partial charge in [0, 0.05) is 6.54 Å². The topological polar surface area (TPSA) is 42.7 Å². The van der Waals surface area contributed by atoms with Gasteiger partial charge >= 0.3 is 0 Å². The minimum Gasteiger partial charge on any atom is -0.317 e. The normalized spacial score (nSPS) is 23.2. The van der Waals surface area contributed by atoms with Crippen LogP contribution < -0.4 is 5.32 Å². The van der Waals surface area contributed by atoms with Gasteiger partial charge in [0.25, 0.3) is 0 Å². The SMILES string of the molecule is CCn1cnnc1[C@H]1CCCN1. The summed E-state index contributed by atoms with van der Waals surface area (Å²) in [6, 6.07) is 0.437. The van der Waals surface area contributed by atoms with Crippen LogP contribution in [-0.2, 0) is 6.54 Å². The maximum absolute atomic E-state index is 4.12.